The smallest absolute Gasteiger partial charge is 0.338 e. The van der Waals surface area contributed by atoms with Crippen molar-refractivity contribution in [1.82, 2.24) is 0 Å². The van der Waals surface area contributed by atoms with Crippen molar-refractivity contribution in [1.29, 1.82) is 0 Å². The summed E-state index contributed by atoms with van der Waals surface area (Å²) in [6, 6.07) is 13.8. The van der Waals surface area contributed by atoms with E-state index in [1.54, 1.807) is 48.5 Å². The van der Waals surface area contributed by atoms with Crippen LogP contribution in [-0.4, -0.2) is 25.1 Å². The summed E-state index contributed by atoms with van der Waals surface area (Å²) in [4.78, 5) is 24.2. The largest absolute Gasteiger partial charge is 0.495 e. The number of anilines is 1. The zero-order valence-corrected chi connectivity index (χ0v) is 14.3. The van der Waals surface area contributed by atoms with Crippen LogP contribution in [0.15, 0.2) is 53.0 Å². The Labute approximate surface area is 142 Å². The van der Waals surface area contributed by atoms with E-state index in [0.717, 1.165) is 4.47 Å². The van der Waals surface area contributed by atoms with Gasteiger partial charge in [0.1, 0.15) is 5.75 Å². The first-order chi connectivity index (χ1) is 11.0. The number of carbonyl (C=O) groups is 2. The molecule has 1 N–H and O–H groups in total. The van der Waals surface area contributed by atoms with Crippen molar-refractivity contribution in [3.05, 3.63) is 58.6 Å². The standard InChI is InChI=1S/C17H16BrNO4/c1-11(23-17(21)12-6-5-7-13(18)10-12)16(20)19-14-8-3-4-9-15(14)22-2/h3-11H,1-2H3,(H,19,20)/t11-/m0/s1. The Kier molecular flexibility index (Phi) is 5.76. The second-order valence-electron chi connectivity index (χ2n) is 4.75. The number of hydrogen-bond acceptors (Lipinski definition) is 4. The molecule has 5 nitrogen and oxygen atoms in total. The summed E-state index contributed by atoms with van der Waals surface area (Å²) in [5, 5.41) is 2.68. The topological polar surface area (TPSA) is 64.6 Å². The number of methoxy groups -OCH3 is 1. The van der Waals surface area contributed by atoms with Crippen LogP contribution >= 0.6 is 15.9 Å². The fourth-order valence-corrected chi connectivity index (χ4v) is 2.28. The van der Waals surface area contributed by atoms with Crippen LogP contribution in [0.3, 0.4) is 0 Å². The Morgan fingerprint density at radius 3 is 2.57 bits per heavy atom. The van der Waals surface area contributed by atoms with E-state index in [4.69, 9.17) is 9.47 Å². The van der Waals surface area contributed by atoms with Crippen molar-refractivity contribution in [2.75, 3.05) is 12.4 Å². The van der Waals surface area contributed by atoms with Crippen molar-refractivity contribution in [3.63, 3.8) is 0 Å². The third-order valence-corrected chi connectivity index (χ3v) is 3.57. The Bertz CT molecular complexity index is 717. The molecule has 0 fully saturated rings. The molecule has 0 unspecified atom stereocenters. The Hall–Kier alpha value is -2.34. The van der Waals surface area contributed by atoms with Gasteiger partial charge in [-0.3, -0.25) is 4.79 Å². The molecule has 0 aliphatic rings. The van der Waals surface area contributed by atoms with Gasteiger partial charge in [0.25, 0.3) is 5.91 Å². The van der Waals surface area contributed by atoms with Gasteiger partial charge >= 0.3 is 5.97 Å². The molecule has 1 amide bonds. The average molecular weight is 378 g/mol. The lowest BCUT2D eigenvalue weighted by Gasteiger charge is -2.15. The minimum Gasteiger partial charge on any atom is -0.495 e. The lowest BCUT2D eigenvalue weighted by molar-refractivity contribution is -0.123. The molecule has 23 heavy (non-hydrogen) atoms. The Morgan fingerprint density at radius 1 is 1.13 bits per heavy atom. The third kappa shape index (κ3) is 4.56. The Balaban J connectivity index is 2.01. The molecule has 2 aromatic rings. The van der Waals surface area contributed by atoms with Gasteiger partial charge < -0.3 is 14.8 Å². The first-order valence-electron chi connectivity index (χ1n) is 6.91. The van der Waals surface area contributed by atoms with Gasteiger partial charge in [0, 0.05) is 4.47 Å². The molecule has 2 aromatic carbocycles. The van der Waals surface area contributed by atoms with Crippen molar-refractivity contribution in [3.8, 4) is 5.75 Å². The first-order valence-corrected chi connectivity index (χ1v) is 7.71. The van der Waals surface area contributed by atoms with Crippen LogP contribution in [0.4, 0.5) is 5.69 Å². The summed E-state index contributed by atoms with van der Waals surface area (Å²) in [5.41, 5.74) is 0.890. The summed E-state index contributed by atoms with van der Waals surface area (Å²) in [5.74, 6) is -0.460. The summed E-state index contributed by atoms with van der Waals surface area (Å²) in [7, 11) is 1.52. The van der Waals surface area contributed by atoms with Crippen LogP contribution in [0.1, 0.15) is 17.3 Å². The number of carbonyl (C=O) groups excluding carboxylic acids is 2. The highest BCUT2D eigenvalue weighted by Gasteiger charge is 2.20. The quantitative estimate of drug-likeness (QED) is 0.807. The zero-order valence-electron chi connectivity index (χ0n) is 12.7. The van der Waals surface area contributed by atoms with E-state index in [9.17, 15) is 9.59 Å². The van der Waals surface area contributed by atoms with Gasteiger partial charge in [-0.2, -0.15) is 0 Å². The molecule has 0 radical (unpaired) electrons. The van der Waals surface area contributed by atoms with E-state index < -0.39 is 18.0 Å². The van der Waals surface area contributed by atoms with Gasteiger partial charge in [0.05, 0.1) is 18.4 Å². The number of nitrogens with one attached hydrogen (secondary N) is 1. The lowest BCUT2D eigenvalue weighted by Crippen LogP contribution is -2.30. The van der Waals surface area contributed by atoms with Crippen LogP contribution in [0, 0.1) is 0 Å². The fourth-order valence-electron chi connectivity index (χ4n) is 1.88. The van der Waals surface area contributed by atoms with Crippen LogP contribution in [0.5, 0.6) is 5.75 Å². The van der Waals surface area contributed by atoms with Crippen LogP contribution in [0.2, 0.25) is 0 Å². The summed E-state index contributed by atoms with van der Waals surface area (Å²) < 4.78 is 11.1. The zero-order chi connectivity index (χ0) is 16.8. The molecule has 0 spiro atoms. The molecule has 0 aromatic heterocycles. The minimum absolute atomic E-state index is 0.372. The molecule has 0 saturated carbocycles. The van der Waals surface area contributed by atoms with Gasteiger partial charge in [0.15, 0.2) is 6.10 Å². The molecule has 0 saturated heterocycles. The van der Waals surface area contributed by atoms with E-state index in [-0.39, 0.29) is 0 Å². The molecule has 2 rings (SSSR count). The third-order valence-electron chi connectivity index (χ3n) is 3.08. The summed E-state index contributed by atoms with van der Waals surface area (Å²) >= 11 is 3.28. The van der Waals surface area contributed by atoms with E-state index in [0.29, 0.717) is 17.0 Å². The highest BCUT2D eigenvalue weighted by molar-refractivity contribution is 9.10. The SMILES string of the molecule is COc1ccccc1NC(=O)[C@H](C)OC(=O)c1cccc(Br)c1. The normalized spacial score (nSPS) is 11.4. The predicted octanol–water partition coefficient (Wildman–Crippen LogP) is 3.64. The number of esters is 1. The van der Waals surface area contributed by atoms with Crippen molar-refractivity contribution < 1.29 is 19.1 Å². The van der Waals surface area contributed by atoms with E-state index in [1.807, 2.05) is 0 Å². The van der Waals surface area contributed by atoms with Gasteiger partial charge in [0.2, 0.25) is 0 Å². The lowest BCUT2D eigenvalue weighted by atomic mass is 10.2. The molecule has 0 heterocycles. The Morgan fingerprint density at radius 2 is 1.87 bits per heavy atom. The van der Waals surface area contributed by atoms with Crippen molar-refractivity contribution in [2.45, 2.75) is 13.0 Å². The number of benzene rings is 2. The number of rotatable bonds is 5. The first kappa shape index (κ1) is 17.0. The maximum atomic E-state index is 12.2. The average Bonchev–Trinajstić information content (AvgIpc) is 2.55. The van der Waals surface area contributed by atoms with Gasteiger partial charge in [-0.15, -0.1) is 0 Å². The predicted molar refractivity (Wildman–Crippen MR) is 90.6 cm³/mol. The molecule has 0 aliphatic heterocycles. The maximum absolute atomic E-state index is 12.2. The van der Waals surface area contributed by atoms with Crippen LogP contribution in [0.25, 0.3) is 0 Å². The molecular weight excluding hydrogens is 362 g/mol. The number of amides is 1. The molecule has 0 aliphatic carbocycles. The second kappa shape index (κ2) is 7.78. The van der Waals surface area contributed by atoms with Gasteiger partial charge in [-0.1, -0.05) is 34.1 Å². The van der Waals surface area contributed by atoms with Crippen LogP contribution < -0.4 is 10.1 Å². The van der Waals surface area contributed by atoms with Gasteiger partial charge in [-0.25, -0.2) is 4.79 Å². The molecule has 6 heteroatoms. The molecular formula is C17H16BrNO4. The number of halogens is 1. The monoisotopic (exact) mass is 377 g/mol. The molecule has 1 atom stereocenters. The maximum Gasteiger partial charge on any atom is 0.338 e. The number of para-hydroxylation sites is 2. The van der Waals surface area contributed by atoms with E-state index >= 15 is 0 Å². The summed E-state index contributed by atoms with van der Waals surface area (Å²) in [6.45, 7) is 1.51. The van der Waals surface area contributed by atoms with Crippen molar-refractivity contribution in [2.24, 2.45) is 0 Å². The summed E-state index contributed by atoms with van der Waals surface area (Å²) in [6.07, 6.45) is -0.939. The van der Waals surface area contributed by atoms with Crippen LogP contribution in [-0.2, 0) is 9.53 Å². The minimum atomic E-state index is -0.939. The molecule has 0 bridgehead atoms. The molecule has 120 valence electrons. The fraction of sp³-hybridized carbons (Fsp3) is 0.176. The van der Waals surface area contributed by atoms with Crippen molar-refractivity contribution >= 4 is 33.5 Å². The second-order valence-corrected chi connectivity index (χ2v) is 5.66. The highest BCUT2D eigenvalue weighted by Crippen LogP contribution is 2.23. The number of ether oxygens (including phenoxy) is 2. The van der Waals surface area contributed by atoms with E-state index in [2.05, 4.69) is 21.2 Å². The number of hydrogen-bond donors (Lipinski definition) is 1. The highest BCUT2D eigenvalue weighted by atomic mass is 79.9. The van der Waals surface area contributed by atoms with Gasteiger partial charge in [-0.05, 0) is 37.3 Å². The van der Waals surface area contributed by atoms with E-state index in [1.165, 1.54) is 14.0 Å².